The maximum atomic E-state index is 4.20. The third kappa shape index (κ3) is 5.08. The molecule has 0 radical (unpaired) electrons. The Hall–Kier alpha value is -0.940. The summed E-state index contributed by atoms with van der Waals surface area (Å²) in [6, 6.07) is 0. The Morgan fingerprint density at radius 1 is 1.24 bits per heavy atom. The second-order valence-electron chi connectivity index (χ2n) is 7.34. The van der Waals surface area contributed by atoms with E-state index in [1.54, 1.807) is 0 Å². The Morgan fingerprint density at radius 3 is 2.76 bits per heavy atom. The van der Waals surface area contributed by atoms with Crippen molar-refractivity contribution in [2.24, 2.45) is 11.3 Å². The molecular formula is C16H31N5. The van der Waals surface area contributed by atoms with Crippen molar-refractivity contribution >= 4 is 0 Å². The molecule has 1 aliphatic rings. The molecule has 120 valence electrons. The first-order valence-corrected chi connectivity index (χ1v) is 8.25. The highest BCUT2D eigenvalue weighted by atomic mass is 15.4. The lowest BCUT2D eigenvalue weighted by atomic mass is 9.77. The summed E-state index contributed by atoms with van der Waals surface area (Å²) in [5.74, 6) is 0.858. The van der Waals surface area contributed by atoms with Gasteiger partial charge in [-0.2, -0.15) is 0 Å². The molecule has 1 aliphatic heterocycles. The molecule has 0 saturated carbocycles. The van der Waals surface area contributed by atoms with Crippen molar-refractivity contribution in [3.8, 4) is 0 Å². The van der Waals surface area contributed by atoms with Crippen molar-refractivity contribution in [3.05, 3.63) is 11.9 Å². The molecule has 21 heavy (non-hydrogen) atoms. The van der Waals surface area contributed by atoms with Crippen LogP contribution in [-0.2, 0) is 13.1 Å². The van der Waals surface area contributed by atoms with E-state index in [2.05, 4.69) is 41.3 Å². The first kappa shape index (κ1) is 16.4. The summed E-state index contributed by atoms with van der Waals surface area (Å²) in [6.45, 7) is 12.4. The predicted octanol–water partition coefficient (Wildman–Crippen LogP) is 2.15. The van der Waals surface area contributed by atoms with Gasteiger partial charge in [0.1, 0.15) is 0 Å². The Bertz CT molecular complexity index is 421. The zero-order chi connectivity index (χ0) is 15.3. The molecule has 1 aromatic heterocycles. The van der Waals surface area contributed by atoms with Gasteiger partial charge in [0.2, 0.25) is 0 Å². The summed E-state index contributed by atoms with van der Waals surface area (Å²) < 4.78 is 1.97. The van der Waals surface area contributed by atoms with Crippen LogP contribution in [0.5, 0.6) is 0 Å². The van der Waals surface area contributed by atoms with E-state index in [0.717, 1.165) is 31.2 Å². The number of nitrogens with one attached hydrogen (secondary N) is 1. The van der Waals surface area contributed by atoms with E-state index in [1.165, 1.54) is 32.4 Å². The van der Waals surface area contributed by atoms with E-state index in [9.17, 15) is 0 Å². The van der Waals surface area contributed by atoms with E-state index in [1.807, 2.05) is 17.9 Å². The maximum Gasteiger partial charge on any atom is 0.0964 e. The molecule has 5 heteroatoms. The number of nitrogens with zero attached hydrogens (tertiary/aromatic N) is 4. The first-order valence-electron chi connectivity index (χ1n) is 8.25. The monoisotopic (exact) mass is 293 g/mol. The summed E-state index contributed by atoms with van der Waals surface area (Å²) in [7, 11) is 1.93. The van der Waals surface area contributed by atoms with Crippen LogP contribution in [-0.4, -0.2) is 46.6 Å². The molecule has 1 saturated heterocycles. The molecule has 1 unspecified atom stereocenters. The number of aromatic nitrogens is 3. The minimum absolute atomic E-state index is 0.448. The van der Waals surface area contributed by atoms with E-state index in [4.69, 9.17) is 0 Å². The summed E-state index contributed by atoms with van der Waals surface area (Å²) >= 11 is 0. The highest BCUT2D eigenvalue weighted by Gasteiger charge is 2.26. The van der Waals surface area contributed by atoms with Crippen LogP contribution in [0.3, 0.4) is 0 Å². The topological polar surface area (TPSA) is 46.0 Å². The van der Waals surface area contributed by atoms with E-state index < -0.39 is 0 Å². The summed E-state index contributed by atoms with van der Waals surface area (Å²) in [5.41, 5.74) is 1.46. The van der Waals surface area contributed by atoms with Crippen LogP contribution in [0.1, 0.15) is 45.7 Å². The highest BCUT2D eigenvalue weighted by molar-refractivity contribution is 4.91. The van der Waals surface area contributed by atoms with Crippen molar-refractivity contribution in [3.63, 3.8) is 0 Å². The van der Waals surface area contributed by atoms with Gasteiger partial charge in [0.25, 0.3) is 0 Å². The molecule has 1 fully saturated rings. The van der Waals surface area contributed by atoms with Crippen molar-refractivity contribution in [2.45, 2.75) is 53.1 Å². The number of hydrogen-bond acceptors (Lipinski definition) is 4. The van der Waals surface area contributed by atoms with Gasteiger partial charge in [-0.3, -0.25) is 4.68 Å². The molecule has 1 atom stereocenters. The van der Waals surface area contributed by atoms with Crippen LogP contribution < -0.4 is 5.32 Å². The van der Waals surface area contributed by atoms with E-state index in [-0.39, 0.29) is 0 Å². The Labute approximate surface area is 129 Å². The smallest absolute Gasteiger partial charge is 0.0964 e. The van der Waals surface area contributed by atoms with Crippen LogP contribution in [0.2, 0.25) is 0 Å². The van der Waals surface area contributed by atoms with E-state index >= 15 is 0 Å². The Morgan fingerprint density at radius 2 is 2.05 bits per heavy atom. The molecule has 0 amide bonds. The highest BCUT2D eigenvalue weighted by Crippen LogP contribution is 2.34. The fourth-order valence-electron chi connectivity index (χ4n) is 3.20. The van der Waals surface area contributed by atoms with Crippen LogP contribution in [0.4, 0.5) is 0 Å². The van der Waals surface area contributed by atoms with Gasteiger partial charge in [0, 0.05) is 19.3 Å². The second kappa shape index (κ2) is 7.36. The SMILES string of the molecule is CNCc1cn(CCN2CCCC(C(C)(C)C)CC2)nn1. The lowest BCUT2D eigenvalue weighted by Gasteiger charge is -2.29. The van der Waals surface area contributed by atoms with Gasteiger partial charge < -0.3 is 10.2 Å². The van der Waals surface area contributed by atoms with Gasteiger partial charge in [0.05, 0.1) is 12.2 Å². The van der Waals surface area contributed by atoms with E-state index in [0.29, 0.717) is 5.41 Å². The lowest BCUT2D eigenvalue weighted by molar-refractivity contribution is 0.206. The predicted molar refractivity (Wildman–Crippen MR) is 86.0 cm³/mol. The minimum Gasteiger partial charge on any atom is -0.314 e. The maximum absolute atomic E-state index is 4.20. The first-order chi connectivity index (χ1) is 9.99. The lowest BCUT2D eigenvalue weighted by Crippen LogP contribution is -2.29. The molecule has 2 heterocycles. The van der Waals surface area contributed by atoms with Crippen molar-refractivity contribution in [1.82, 2.24) is 25.2 Å². The normalized spacial score (nSPS) is 21.4. The van der Waals surface area contributed by atoms with Crippen molar-refractivity contribution < 1.29 is 0 Å². The molecule has 0 spiro atoms. The Kier molecular flexibility index (Phi) is 5.76. The average molecular weight is 293 g/mol. The molecule has 5 nitrogen and oxygen atoms in total. The summed E-state index contributed by atoms with van der Waals surface area (Å²) in [4.78, 5) is 2.59. The third-order valence-electron chi connectivity index (χ3n) is 4.63. The van der Waals surface area contributed by atoms with Crippen LogP contribution >= 0.6 is 0 Å². The number of rotatable bonds is 5. The van der Waals surface area contributed by atoms with Crippen LogP contribution in [0.25, 0.3) is 0 Å². The van der Waals surface area contributed by atoms with Gasteiger partial charge in [-0.15, -0.1) is 5.10 Å². The van der Waals surface area contributed by atoms with Gasteiger partial charge in [-0.1, -0.05) is 26.0 Å². The second-order valence-corrected chi connectivity index (χ2v) is 7.34. The fourth-order valence-corrected chi connectivity index (χ4v) is 3.20. The molecule has 0 bridgehead atoms. The van der Waals surface area contributed by atoms with Gasteiger partial charge in [0.15, 0.2) is 0 Å². The molecule has 0 aliphatic carbocycles. The van der Waals surface area contributed by atoms with Gasteiger partial charge in [-0.05, 0) is 50.7 Å². The number of hydrogen-bond donors (Lipinski definition) is 1. The largest absolute Gasteiger partial charge is 0.314 e. The Balaban J connectivity index is 1.78. The van der Waals surface area contributed by atoms with Gasteiger partial charge >= 0.3 is 0 Å². The molecule has 1 aromatic rings. The molecule has 1 N–H and O–H groups in total. The molecule has 2 rings (SSSR count). The van der Waals surface area contributed by atoms with Crippen LogP contribution in [0, 0.1) is 11.3 Å². The molecular weight excluding hydrogens is 262 g/mol. The zero-order valence-corrected chi connectivity index (χ0v) is 14.1. The van der Waals surface area contributed by atoms with Crippen LogP contribution in [0.15, 0.2) is 6.20 Å². The quantitative estimate of drug-likeness (QED) is 0.903. The zero-order valence-electron chi connectivity index (χ0n) is 14.1. The standard InChI is InChI=1S/C16H31N5/c1-16(2,3)14-6-5-8-20(9-7-14)10-11-21-13-15(12-17-4)18-19-21/h13-14,17H,5-12H2,1-4H3. The summed E-state index contributed by atoms with van der Waals surface area (Å²) in [6.07, 6.45) is 6.07. The van der Waals surface area contributed by atoms with Gasteiger partial charge in [-0.25, -0.2) is 0 Å². The third-order valence-corrected chi connectivity index (χ3v) is 4.63. The number of likely N-dealkylation sites (tertiary alicyclic amines) is 1. The minimum atomic E-state index is 0.448. The average Bonchev–Trinajstić information content (AvgIpc) is 2.71. The molecule has 0 aromatic carbocycles. The fraction of sp³-hybridized carbons (Fsp3) is 0.875. The van der Waals surface area contributed by atoms with Crippen molar-refractivity contribution in [1.29, 1.82) is 0 Å². The summed E-state index contributed by atoms with van der Waals surface area (Å²) in [5, 5.41) is 11.5. The van der Waals surface area contributed by atoms with Crippen molar-refractivity contribution in [2.75, 3.05) is 26.7 Å².